The molecule has 16 heteroatoms. The Morgan fingerprint density at radius 2 is 1.83 bits per heavy atom. The van der Waals surface area contributed by atoms with E-state index in [-0.39, 0.29) is 22.6 Å². The number of aromatic nitrogens is 2. The fourth-order valence-electron chi connectivity index (χ4n) is 3.21. The lowest BCUT2D eigenvalue weighted by Gasteiger charge is -2.20. The number of nitrogens with one attached hydrogen (secondary N) is 3. The molecule has 2 heterocycles. The van der Waals surface area contributed by atoms with Crippen molar-refractivity contribution in [2.75, 3.05) is 16.4 Å². The highest BCUT2D eigenvalue weighted by molar-refractivity contribution is 7.89. The second-order valence-electron chi connectivity index (χ2n) is 7.60. The maximum atomic E-state index is 14.0. The average molecular weight is 522 g/mol. The normalized spacial score (nSPS) is 13.9. The summed E-state index contributed by atoms with van der Waals surface area (Å²) in [4.78, 5) is 19.9. The number of alkyl halides is 3. The van der Waals surface area contributed by atoms with Crippen molar-refractivity contribution in [1.29, 1.82) is 0 Å². The van der Waals surface area contributed by atoms with E-state index in [9.17, 15) is 35.2 Å². The molecule has 35 heavy (non-hydrogen) atoms. The van der Waals surface area contributed by atoms with E-state index >= 15 is 0 Å². The lowest BCUT2D eigenvalue weighted by Crippen LogP contribution is -2.40. The van der Waals surface area contributed by atoms with E-state index in [1.54, 1.807) is 5.32 Å². The molecule has 0 aliphatic heterocycles. The molecule has 0 aliphatic rings. The van der Waals surface area contributed by atoms with E-state index in [1.807, 2.05) is 0 Å². The minimum Gasteiger partial charge on any atom is -0.455 e. The zero-order valence-corrected chi connectivity index (χ0v) is 18.9. The van der Waals surface area contributed by atoms with Gasteiger partial charge in [0.15, 0.2) is 17.4 Å². The summed E-state index contributed by atoms with van der Waals surface area (Å²) in [5.41, 5.74) is -0.876. The summed E-state index contributed by atoms with van der Waals surface area (Å²) in [7, 11) is -3.75. The largest absolute Gasteiger partial charge is 0.455 e. The predicted molar refractivity (Wildman–Crippen MR) is 115 cm³/mol. The second-order valence-corrected chi connectivity index (χ2v) is 9.26. The molecular weight excluding hydrogens is 503 g/mol. The number of amides is 2. The highest BCUT2D eigenvalue weighted by Crippen LogP contribution is 2.39. The number of hydrogen-bond donors (Lipinski definition) is 4. The quantitative estimate of drug-likeness (QED) is 0.347. The summed E-state index contributed by atoms with van der Waals surface area (Å²) >= 11 is 0. The van der Waals surface area contributed by atoms with Crippen LogP contribution in [0, 0.1) is 18.6 Å². The van der Waals surface area contributed by atoms with Gasteiger partial charge in [-0.1, -0.05) is 0 Å². The van der Waals surface area contributed by atoms with Crippen molar-refractivity contribution < 1.29 is 39.6 Å². The number of nitrogens with zero attached hydrogens (tertiary/aromatic N) is 2. The molecule has 10 nitrogen and oxygen atoms in total. The molecule has 2 amide bonds. The van der Waals surface area contributed by atoms with Gasteiger partial charge in [0.2, 0.25) is 16.0 Å². The number of nitrogens with two attached hydrogens (primary N) is 1. The van der Waals surface area contributed by atoms with Crippen LogP contribution in [0.4, 0.5) is 38.4 Å². The maximum absolute atomic E-state index is 14.0. The molecule has 5 N–H and O–H groups in total. The number of fused-ring (bicyclic) bond motifs is 1. The first kappa shape index (κ1) is 26.1. The van der Waals surface area contributed by atoms with Gasteiger partial charge in [0, 0.05) is 23.1 Å². The number of carbonyl (C=O) groups is 1. The number of urea groups is 1. The van der Waals surface area contributed by atoms with Crippen LogP contribution < -0.4 is 21.1 Å². The fraction of sp³-hybridized carbons (Fsp3) is 0.316. The number of rotatable bonds is 7. The van der Waals surface area contributed by atoms with E-state index in [0.717, 1.165) is 18.5 Å². The predicted octanol–water partition coefficient (Wildman–Crippen LogP) is 3.32. The van der Waals surface area contributed by atoms with Gasteiger partial charge in [0.1, 0.15) is 11.6 Å². The van der Waals surface area contributed by atoms with E-state index in [4.69, 9.17) is 9.56 Å². The van der Waals surface area contributed by atoms with Gasteiger partial charge in [0.25, 0.3) is 0 Å². The summed E-state index contributed by atoms with van der Waals surface area (Å²) in [6, 6.07) is -3.36. The van der Waals surface area contributed by atoms with Crippen LogP contribution in [-0.4, -0.2) is 42.4 Å². The maximum Gasteiger partial charge on any atom is 0.416 e. The van der Waals surface area contributed by atoms with Crippen LogP contribution >= 0.6 is 0 Å². The zero-order chi connectivity index (χ0) is 26.1. The Morgan fingerprint density at radius 1 is 1.20 bits per heavy atom. The van der Waals surface area contributed by atoms with Gasteiger partial charge in [-0.15, -0.1) is 0 Å². The Labute approximate surface area is 195 Å². The minimum atomic E-state index is -5.05. The van der Waals surface area contributed by atoms with Crippen molar-refractivity contribution in [2.45, 2.75) is 32.1 Å². The number of primary sulfonamides is 1. The molecule has 2 aromatic heterocycles. The van der Waals surface area contributed by atoms with Gasteiger partial charge in [-0.25, -0.2) is 37.1 Å². The molecule has 190 valence electrons. The van der Waals surface area contributed by atoms with Crippen molar-refractivity contribution >= 4 is 38.7 Å². The number of halogens is 5. The Morgan fingerprint density at radius 3 is 2.40 bits per heavy atom. The van der Waals surface area contributed by atoms with Crippen LogP contribution in [0.15, 0.2) is 28.9 Å². The van der Waals surface area contributed by atoms with E-state index in [2.05, 4.69) is 20.6 Å². The zero-order valence-electron chi connectivity index (χ0n) is 18.1. The standard InChI is InChI=1S/C19H19F5N6O4S/c1-8(7-35(25,32)33)28-17-26-5-11(6-27-17)29-18(31)30-16(19(22,23)24)14-9(2)12-3-10(20)4-13(21)15(12)34-14/h3-6,8,16H,7H2,1-2H3,(H2,25,32,33)(H,26,27,28)(H2,29,30,31)/t8-,16-/m1/s1. The van der Waals surface area contributed by atoms with Crippen molar-refractivity contribution in [2.24, 2.45) is 5.14 Å². The number of sulfonamides is 1. The molecule has 3 rings (SSSR count). The number of furan rings is 1. The van der Waals surface area contributed by atoms with Crippen molar-refractivity contribution in [3.63, 3.8) is 0 Å². The van der Waals surface area contributed by atoms with Crippen LogP contribution in [0.3, 0.4) is 0 Å². The van der Waals surface area contributed by atoms with Crippen molar-refractivity contribution in [3.8, 4) is 0 Å². The number of hydrogen-bond acceptors (Lipinski definition) is 7. The minimum absolute atomic E-state index is 0.0209. The van der Waals surface area contributed by atoms with Crippen molar-refractivity contribution in [1.82, 2.24) is 15.3 Å². The van der Waals surface area contributed by atoms with Crippen LogP contribution in [0.1, 0.15) is 24.3 Å². The van der Waals surface area contributed by atoms with Crippen LogP contribution in [0.25, 0.3) is 11.0 Å². The lowest BCUT2D eigenvalue weighted by atomic mass is 10.1. The lowest BCUT2D eigenvalue weighted by molar-refractivity contribution is -0.158. The van der Waals surface area contributed by atoms with Gasteiger partial charge in [-0.05, 0) is 19.9 Å². The Hall–Kier alpha value is -3.53. The van der Waals surface area contributed by atoms with Gasteiger partial charge in [-0.3, -0.25) is 0 Å². The van der Waals surface area contributed by atoms with E-state index in [0.29, 0.717) is 6.07 Å². The van der Waals surface area contributed by atoms with Crippen LogP contribution in [-0.2, 0) is 10.0 Å². The van der Waals surface area contributed by atoms with E-state index in [1.165, 1.54) is 13.8 Å². The summed E-state index contributed by atoms with van der Waals surface area (Å²) < 4.78 is 95.9. The highest BCUT2D eigenvalue weighted by atomic mass is 32.2. The van der Waals surface area contributed by atoms with Crippen LogP contribution in [0.5, 0.6) is 0 Å². The molecule has 0 bridgehead atoms. The van der Waals surface area contributed by atoms with Crippen molar-refractivity contribution in [3.05, 3.63) is 47.5 Å². The summed E-state index contributed by atoms with van der Waals surface area (Å²) in [6.45, 7) is 2.68. The summed E-state index contributed by atoms with van der Waals surface area (Å²) in [5, 5.41) is 11.2. The molecule has 1 aromatic carbocycles. The topological polar surface area (TPSA) is 152 Å². The molecule has 0 unspecified atom stereocenters. The third-order valence-corrected chi connectivity index (χ3v) is 5.59. The molecule has 3 aromatic rings. The first-order valence-corrected chi connectivity index (χ1v) is 11.5. The number of aryl methyl sites for hydroxylation is 1. The third kappa shape index (κ3) is 6.54. The molecule has 0 aliphatic carbocycles. The number of anilines is 2. The van der Waals surface area contributed by atoms with E-state index < -0.39 is 63.0 Å². The Balaban J connectivity index is 1.75. The molecule has 0 spiro atoms. The van der Waals surface area contributed by atoms with Crippen LogP contribution in [0.2, 0.25) is 0 Å². The Kier molecular flexibility index (Phi) is 7.16. The second kappa shape index (κ2) is 9.61. The molecule has 0 radical (unpaired) electrons. The monoisotopic (exact) mass is 522 g/mol. The number of carbonyl (C=O) groups excluding carboxylic acids is 1. The SMILES string of the molecule is Cc1c([C@@H](NC(=O)Nc2cnc(N[C@H](C)CS(N)(=O)=O)nc2)C(F)(F)F)oc2c(F)cc(F)cc12. The van der Waals surface area contributed by atoms with Gasteiger partial charge in [-0.2, -0.15) is 13.2 Å². The first-order chi connectivity index (χ1) is 16.1. The Bertz CT molecular complexity index is 1340. The average Bonchev–Trinajstić information content (AvgIpc) is 3.02. The third-order valence-electron chi connectivity index (χ3n) is 4.63. The number of benzene rings is 1. The summed E-state index contributed by atoms with van der Waals surface area (Å²) in [6.07, 6.45) is -2.92. The molecule has 0 saturated carbocycles. The summed E-state index contributed by atoms with van der Waals surface area (Å²) in [5.74, 6) is -3.44. The molecule has 2 atom stereocenters. The molecule has 0 saturated heterocycles. The molecular formula is C19H19F5N6O4S. The molecule has 0 fully saturated rings. The van der Waals surface area contributed by atoms with Gasteiger partial charge < -0.3 is 20.4 Å². The highest BCUT2D eigenvalue weighted by Gasteiger charge is 2.45. The van der Waals surface area contributed by atoms with Gasteiger partial charge in [0.05, 0.1) is 23.8 Å². The van der Waals surface area contributed by atoms with Gasteiger partial charge >= 0.3 is 12.2 Å². The first-order valence-electron chi connectivity index (χ1n) is 9.75. The smallest absolute Gasteiger partial charge is 0.416 e. The fourth-order valence-corrected chi connectivity index (χ4v) is 3.99.